The van der Waals surface area contributed by atoms with Crippen LogP contribution in [0.3, 0.4) is 0 Å². The second-order valence-electron chi connectivity index (χ2n) is 7.60. The van der Waals surface area contributed by atoms with E-state index in [0.29, 0.717) is 29.3 Å². The molecule has 0 aliphatic carbocycles. The molecule has 0 saturated carbocycles. The zero-order valence-corrected chi connectivity index (χ0v) is 18.0. The number of furan rings is 1. The molecule has 1 aliphatic heterocycles. The Morgan fingerprint density at radius 3 is 2.42 bits per heavy atom. The Kier molecular flexibility index (Phi) is 5.40. The number of carbonyl (C=O) groups excluding carboxylic acids is 2. The Morgan fingerprint density at radius 1 is 0.939 bits per heavy atom. The molecule has 0 spiro atoms. The SMILES string of the molecule is CCOC(=O)c1ccc(-c2ccc(C3Nc4ccccc4C(=O)N3c3ccccc3)o2)cc1. The monoisotopic (exact) mass is 438 g/mol. The van der Waals surface area contributed by atoms with E-state index in [1.807, 2.05) is 78.9 Å². The van der Waals surface area contributed by atoms with Crippen molar-refractivity contribution >= 4 is 23.3 Å². The maximum Gasteiger partial charge on any atom is 0.338 e. The third-order valence-electron chi connectivity index (χ3n) is 5.54. The van der Waals surface area contributed by atoms with E-state index < -0.39 is 6.17 Å². The van der Waals surface area contributed by atoms with E-state index in [9.17, 15) is 9.59 Å². The summed E-state index contributed by atoms with van der Waals surface area (Å²) in [5.74, 6) is 0.788. The lowest BCUT2D eigenvalue weighted by Gasteiger charge is -2.36. The Balaban J connectivity index is 1.49. The summed E-state index contributed by atoms with van der Waals surface area (Å²) in [6.45, 7) is 2.11. The van der Waals surface area contributed by atoms with Gasteiger partial charge in [0.15, 0.2) is 6.17 Å². The average molecular weight is 438 g/mol. The average Bonchev–Trinajstić information content (AvgIpc) is 3.35. The van der Waals surface area contributed by atoms with Crippen LogP contribution in [-0.2, 0) is 4.74 Å². The number of ether oxygens (including phenoxy) is 1. The van der Waals surface area contributed by atoms with Crippen LogP contribution < -0.4 is 10.2 Å². The van der Waals surface area contributed by atoms with Gasteiger partial charge in [-0.2, -0.15) is 0 Å². The molecule has 1 unspecified atom stereocenters. The van der Waals surface area contributed by atoms with Crippen molar-refractivity contribution in [1.29, 1.82) is 0 Å². The lowest BCUT2D eigenvalue weighted by atomic mass is 10.1. The summed E-state index contributed by atoms with van der Waals surface area (Å²) >= 11 is 0. The summed E-state index contributed by atoms with van der Waals surface area (Å²) in [6, 6.07) is 27.8. The minimum Gasteiger partial charge on any atom is -0.462 e. The van der Waals surface area contributed by atoms with Crippen molar-refractivity contribution in [3.63, 3.8) is 0 Å². The zero-order valence-electron chi connectivity index (χ0n) is 18.0. The van der Waals surface area contributed by atoms with Crippen LogP contribution in [0, 0.1) is 0 Å². The molecule has 0 fully saturated rings. The first kappa shape index (κ1) is 20.6. The highest BCUT2D eigenvalue weighted by Crippen LogP contribution is 2.38. The van der Waals surface area contributed by atoms with Crippen molar-refractivity contribution in [2.45, 2.75) is 13.1 Å². The van der Waals surface area contributed by atoms with Crippen LogP contribution in [0.25, 0.3) is 11.3 Å². The molecule has 33 heavy (non-hydrogen) atoms. The van der Waals surface area contributed by atoms with Gasteiger partial charge in [0.1, 0.15) is 11.5 Å². The van der Waals surface area contributed by atoms with Gasteiger partial charge < -0.3 is 14.5 Å². The fraction of sp³-hybridized carbons (Fsp3) is 0.111. The summed E-state index contributed by atoms with van der Waals surface area (Å²) < 4.78 is 11.2. The molecule has 1 aliphatic rings. The van der Waals surface area contributed by atoms with E-state index >= 15 is 0 Å². The lowest BCUT2D eigenvalue weighted by Crippen LogP contribution is -2.43. The van der Waals surface area contributed by atoms with Gasteiger partial charge in [0, 0.05) is 16.9 Å². The maximum atomic E-state index is 13.4. The Morgan fingerprint density at radius 2 is 1.67 bits per heavy atom. The molecule has 6 nitrogen and oxygen atoms in total. The number of rotatable bonds is 5. The van der Waals surface area contributed by atoms with Gasteiger partial charge in [-0.15, -0.1) is 0 Å². The van der Waals surface area contributed by atoms with Crippen molar-refractivity contribution in [3.8, 4) is 11.3 Å². The van der Waals surface area contributed by atoms with E-state index in [4.69, 9.17) is 9.15 Å². The number of para-hydroxylation sites is 2. The molecule has 4 aromatic rings. The van der Waals surface area contributed by atoms with Gasteiger partial charge in [-0.3, -0.25) is 9.69 Å². The van der Waals surface area contributed by atoms with E-state index in [2.05, 4.69) is 5.32 Å². The molecular weight excluding hydrogens is 416 g/mol. The van der Waals surface area contributed by atoms with Crippen LogP contribution in [0.4, 0.5) is 11.4 Å². The number of hydrogen-bond donors (Lipinski definition) is 1. The molecule has 2 heterocycles. The Hall–Kier alpha value is -4.32. The number of hydrogen-bond acceptors (Lipinski definition) is 5. The highest BCUT2D eigenvalue weighted by molar-refractivity contribution is 6.12. The number of benzene rings is 3. The van der Waals surface area contributed by atoms with Crippen molar-refractivity contribution in [3.05, 3.63) is 108 Å². The van der Waals surface area contributed by atoms with E-state index in [1.165, 1.54) is 0 Å². The fourth-order valence-electron chi connectivity index (χ4n) is 3.95. The highest BCUT2D eigenvalue weighted by Gasteiger charge is 2.35. The second kappa shape index (κ2) is 8.67. The Bertz CT molecular complexity index is 1300. The summed E-state index contributed by atoms with van der Waals surface area (Å²) in [5.41, 5.74) is 3.45. The van der Waals surface area contributed by atoms with Crippen LogP contribution in [-0.4, -0.2) is 18.5 Å². The van der Waals surface area contributed by atoms with Crippen molar-refractivity contribution in [2.75, 3.05) is 16.8 Å². The normalized spacial score (nSPS) is 15.0. The molecule has 1 atom stereocenters. The number of nitrogens with zero attached hydrogens (tertiary/aromatic N) is 1. The Labute approximate surface area is 191 Å². The molecule has 1 aromatic heterocycles. The third-order valence-corrected chi connectivity index (χ3v) is 5.54. The van der Waals surface area contributed by atoms with Gasteiger partial charge in [0.25, 0.3) is 5.91 Å². The molecule has 1 amide bonds. The molecule has 1 N–H and O–H groups in total. The molecule has 0 radical (unpaired) electrons. The van der Waals surface area contributed by atoms with Crippen LogP contribution in [0.15, 0.2) is 95.4 Å². The number of nitrogens with one attached hydrogen (secondary N) is 1. The largest absolute Gasteiger partial charge is 0.462 e. The molecular formula is C27H22N2O4. The van der Waals surface area contributed by atoms with E-state index in [0.717, 1.165) is 16.9 Å². The lowest BCUT2D eigenvalue weighted by molar-refractivity contribution is 0.0526. The summed E-state index contributed by atoms with van der Waals surface area (Å²) in [4.78, 5) is 27.0. The van der Waals surface area contributed by atoms with Gasteiger partial charge in [0.05, 0.1) is 17.7 Å². The smallest absolute Gasteiger partial charge is 0.338 e. The summed E-state index contributed by atoms with van der Waals surface area (Å²) in [5, 5.41) is 3.45. The van der Waals surface area contributed by atoms with Crippen molar-refractivity contribution in [2.24, 2.45) is 0 Å². The first-order chi connectivity index (χ1) is 16.2. The summed E-state index contributed by atoms with van der Waals surface area (Å²) in [6.07, 6.45) is -0.512. The predicted molar refractivity (Wildman–Crippen MR) is 126 cm³/mol. The quantitative estimate of drug-likeness (QED) is 0.393. The molecule has 6 heteroatoms. The van der Waals surface area contributed by atoms with Gasteiger partial charge in [-0.25, -0.2) is 4.79 Å². The first-order valence-electron chi connectivity index (χ1n) is 10.8. The van der Waals surface area contributed by atoms with Gasteiger partial charge in [-0.1, -0.05) is 42.5 Å². The number of amides is 1. The number of carbonyl (C=O) groups is 2. The van der Waals surface area contributed by atoms with Gasteiger partial charge >= 0.3 is 5.97 Å². The predicted octanol–water partition coefficient (Wildman–Crippen LogP) is 5.89. The minimum absolute atomic E-state index is 0.0997. The van der Waals surface area contributed by atoms with Crippen LogP contribution in [0.5, 0.6) is 0 Å². The first-order valence-corrected chi connectivity index (χ1v) is 10.8. The summed E-state index contributed by atoms with van der Waals surface area (Å²) in [7, 11) is 0. The van der Waals surface area contributed by atoms with Crippen molar-refractivity contribution < 1.29 is 18.7 Å². The standard InChI is InChI=1S/C27H22N2O4/c1-2-32-27(31)19-14-12-18(13-15-19)23-16-17-24(33-23)25-28-22-11-7-6-10-21(22)26(30)29(25)20-8-4-3-5-9-20/h3-17,25,28H,2H2,1H3. The molecule has 3 aromatic carbocycles. The topological polar surface area (TPSA) is 71.8 Å². The minimum atomic E-state index is -0.512. The zero-order chi connectivity index (χ0) is 22.8. The van der Waals surface area contributed by atoms with Gasteiger partial charge in [0.2, 0.25) is 0 Å². The molecule has 0 bridgehead atoms. The van der Waals surface area contributed by atoms with Crippen LogP contribution >= 0.6 is 0 Å². The number of esters is 1. The second-order valence-corrected chi connectivity index (χ2v) is 7.60. The number of anilines is 2. The van der Waals surface area contributed by atoms with Crippen LogP contribution in [0.1, 0.15) is 39.6 Å². The molecule has 5 rings (SSSR count). The molecule has 0 saturated heterocycles. The van der Waals surface area contributed by atoms with Gasteiger partial charge in [-0.05, 0) is 55.5 Å². The fourth-order valence-corrected chi connectivity index (χ4v) is 3.95. The molecule has 164 valence electrons. The third kappa shape index (κ3) is 3.87. The maximum absolute atomic E-state index is 13.4. The highest BCUT2D eigenvalue weighted by atomic mass is 16.5. The van der Waals surface area contributed by atoms with Crippen LogP contribution in [0.2, 0.25) is 0 Å². The number of fused-ring (bicyclic) bond motifs is 1. The van der Waals surface area contributed by atoms with E-state index in [1.54, 1.807) is 24.0 Å². The van der Waals surface area contributed by atoms with E-state index in [-0.39, 0.29) is 11.9 Å². The van der Waals surface area contributed by atoms with Crippen molar-refractivity contribution in [1.82, 2.24) is 0 Å².